The topological polar surface area (TPSA) is 24.4 Å². The molecular weight excluding hydrogens is 112 g/mol. The van der Waals surface area contributed by atoms with Crippen molar-refractivity contribution in [2.24, 2.45) is 4.99 Å². The molecule has 0 atom stereocenters. The Hall–Kier alpha value is -0.790. The monoisotopic (exact) mass is 126 g/mol. The van der Waals surface area contributed by atoms with Gasteiger partial charge in [0, 0.05) is 14.1 Å². The lowest BCUT2D eigenvalue weighted by Crippen LogP contribution is -2.14. The van der Waals surface area contributed by atoms with E-state index >= 15 is 0 Å². The average Bonchev–Trinajstić information content (AvgIpc) is 1.91. The summed E-state index contributed by atoms with van der Waals surface area (Å²) < 4.78 is 0. The largest absolute Gasteiger partial charge is 0.373 e. The highest BCUT2D eigenvalue weighted by Gasteiger charge is 1.80. The lowest BCUT2D eigenvalue weighted by molar-refractivity contribution is 1.15. The minimum Gasteiger partial charge on any atom is -0.373 e. The number of amidine groups is 1. The van der Waals surface area contributed by atoms with Crippen molar-refractivity contribution in [2.75, 3.05) is 14.1 Å². The molecule has 0 bridgehead atoms. The number of likely N-dealkylation sites (N-methyl/N-ethyl adjacent to an activating group) is 1. The van der Waals surface area contributed by atoms with Crippen LogP contribution < -0.4 is 5.32 Å². The number of nitrogens with one attached hydrogen (secondary N) is 1. The molecule has 0 radical (unpaired) electrons. The lowest BCUT2D eigenvalue weighted by Gasteiger charge is -1.94. The Bertz CT molecular complexity index is 114. The van der Waals surface area contributed by atoms with Gasteiger partial charge in [-0.3, -0.25) is 4.99 Å². The Kier molecular flexibility index (Phi) is 4.88. The van der Waals surface area contributed by atoms with E-state index in [0.29, 0.717) is 0 Å². The minimum absolute atomic E-state index is 0.928. The third kappa shape index (κ3) is 3.76. The molecule has 0 heterocycles. The maximum atomic E-state index is 3.96. The van der Waals surface area contributed by atoms with Crippen molar-refractivity contribution in [1.82, 2.24) is 5.32 Å². The number of allylic oxidation sites excluding steroid dienone is 1. The van der Waals surface area contributed by atoms with Gasteiger partial charge in [-0.05, 0) is 12.5 Å². The van der Waals surface area contributed by atoms with E-state index in [9.17, 15) is 0 Å². The van der Waals surface area contributed by atoms with E-state index < -0.39 is 0 Å². The Morgan fingerprint density at radius 2 is 2.33 bits per heavy atom. The highest BCUT2D eigenvalue weighted by molar-refractivity contribution is 5.92. The van der Waals surface area contributed by atoms with Crippen LogP contribution in [0, 0.1) is 0 Å². The molecule has 0 aromatic heterocycles. The summed E-state index contributed by atoms with van der Waals surface area (Å²) in [5, 5.41) is 2.95. The van der Waals surface area contributed by atoms with E-state index in [-0.39, 0.29) is 0 Å². The molecule has 0 aromatic carbocycles. The van der Waals surface area contributed by atoms with Crippen LogP contribution in [-0.4, -0.2) is 19.9 Å². The first-order valence-electron chi connectivity index (χ1n) is 3.16. The van der Waals surface area contributed by atoms with Crippen molar-refractivity contribution in [1.29, 1.82) is 0 Å². The van der Waals surface area contributed by atoms with Crippen molar-refractivity contribution in [3.63, 3.8) is 0 Å². The molecule has 0 spiro atoms. The van der Waals surface area contributed by atoms with Gasteiger partial charge in [-0.25, -0.2) is 0 Å². The first kappa shape index (κ1) is 8.21. The Balaban J connectivity index is 3.70. The molecule has 0 aliphatic heterocycles. The zero-order chi connectivity index (χ0) is 7.11. The van der Waals surface area contributed by atoms with Crippen LogP contribution in [0.25, 0.3) is 0 Å². The summed E-state index contributed by atoms with van der Waals surface area (Å²) in [5.41, 5.74) is 0. The molecule has 0 aliphatic rings. The fraction of sp³-hybridized carbons (Fsp3) is 0.571. The molecule has 1 N–H and O–H groups in total. The summed E-state index contributed by atoms with van der Waals surface area (Å²) in [6.07, 6.45) is 5.10. The van der Waals surface area contributed by atoms with Gasteiger partial charge >= 0.3 is 0 Å². The van der Waals surface area contributed by atoms with E-state index in [0.717, 1.165) is 12.3 Å². The number of hydrogen-bond donors (Lipinski definition) is 1. The van der Waals surface area contributed by atoms with Crippen LogP contribution in [-0.2, 0) is 0 Å². The van der Waals surface area contributed by atoms with E-state index in [2.05, 4.69) is 23.3 Å². The maximum Gasteiger partial charge on any atom is 0.119 e. The fourth-order valence-electron chi connectivity index (χ4n) is 0.499. The summed E-state index contributed by atoms with van der Waals surface area (Å²) in [6, 6.07) is 0. The van der Waals surface area contributed by atoms with E-state index in [1.807, 2.05) is 13.1 Å². The summed E-state index contributed by atoms with van der Waals surface area (Å²) >= 11 is 0. The Morgan fingerprint density at radius 1 is 1.67 bits per heavy atom. The number of hydrogen-bond acceptors (Lipinski definition) is 1. The van der Waals surface area contributed by atoms with Crippen LogP contribution in [0.1, 0.15) is 13.3 Å². The second-order valence-electron chi connectivity index (χ2n) is 1.67. The van der Waals surface area contributed by atoms with Gasteiger partial charge in [0.15, 0.2) is 0 Å². The third-order valence-corrected chi connectivity index (χ3v) is 1.01. The van der Waals surface area contributed by atoms with Gasteiger partial charge in [0.2, 0.25) is 0 Å². The quantitative estimate of drug-likeness (QED) is 0.436. The summed E-state index contributed by atoms with van der Waals surface area (Å²) in [4.78, 5) is 3.96. The second-order valence-corrected chi connectivity index (χ2v) is 1.67. The SMILES string of the molecule is CCC=CC(=NC)NC. The molecule has 0 aliphatic carbocycles. The molecule has 0 amide bonds. The van der Waals surface area contributed by atoms with Crippen LogP contribution in [0.4, 0.5) is 0 Å². The van der Waals surface area contributed by atoms with Crippen molar-refractivity contribution < 1.29 is 0 Å². The van der Waals surface area contributed by atoms with Crippen molar-refractivity contribution in [3.05, 3.63) is 12.2 Å². The van der Waals surface area contributed by atoms with Gasteiger partial charge in [0.1, 0.15) is 5.84 Å². The highest BCUT2D eigenvalue weighted by Crippen LogP contribution is 1.80. The molecule has 0 saturated carbocycles. The molecule has 0 unspecified atom stereocenters. The molecule has 52 valence electrons. The molecule has 0 rings (SSSR count). The van der Waals surface area contributed by atoms with Gasteiger partial charge in [-0.1, -0.05) is 13.0 Å². The molecule has 0 aromatic rings. The van der Waals surface area contributed by atoms with E-state index in [4.69, 9.17) is 0 Å². The zero-order valence-electron chi connectivity index (χ0n) is 6.31. The molecule has 0 saturated heterocycles. The first-order chi connectivity index (χ1) is 4.35. The van der Waals surface area contributed by atoms with Gasteiger partial charge in [0.25, 0.3) is 0 Å². The Labute approximate surface area is 56.7 Å². The van der Waals surface area contributed by atoms with Crippen LogP contribution in [0.2, 0.25) is 0 Å². The fourth-order valence-corrected chi connectivity index (χ4v) is 0.499. The van der Waals surface area contributed by atoms with Gasteiger partial charge in [-0.15, -0.1) is 0 Å². The normalized spacial score (nSPS) is 12.6. The van der Waals surface area contributed by atoms with Gasteiger partial charge < -0.3 is 5.32 Å². The lowest BCUT2D eigenvalue weighted by atomic mass is 10.4. The predicted molar refractivity (Wildman–Crippen MR) is 41.8 cm³/mol. The van der Waals surface area contributed by atoms with Crippen LogP contribution >= 0.6 is 0 Å². The van der Waals surface area contributed by atoms with E-state index in [1.54, 1.807) is 7.05 Å². The van der Waals surface area contributed by atoms with Gasteiger partial charge in [0.05, 0.1) is 0 Å². The summed E-state index contributed by atoms with van der Waals surface area (Å²) in [7, 11) is 3.63. The van der Waals surface area contributed by atoms with Crippen molar-refractivity contribution >= 4 is 5.84 Å². The Morgan fingerprint density at radius 3 is 2.67 bits per heavy atom. The van der Waals surface area contributed by atoms with Crippen LogP contribution in [0.5, 0.6) is 0 Å². The predicted octanol–water partition coefficient (Wildman–Crippen LogP) is 1.20. The summed E-state index contributed by atoms with van der Waals surface area (Å²) in [6.45, 7) is 2.10. The van der Waals surface area contributed by atoms with Gasteiger partial charge in [-0.2, -0.15) is 0 Å². The highest BCUT2D eigenvalue weighted by atomic mass is 14.9. The van der Waals surface area contributed by atoms with Crippen molar-refractivity contribution in [3.8, 4) is 0 Å². The number of rotatable bonds is 2. The average molecular weight is 126 g/mol. The molecule has 0 fully saturated rings. The van der Waals surface area contributed by atoms with Crippen molar-refractivity contribution in [2.45, 2.75) is 13.3 Å². The number of nitrogens with zero attached hydrogens (tertiary/aromatic N) is 1. The minimum atomic E-state index is 0.928. The zero-order valence-corrected chi connectivity index (χ0v) is 6.31. The standard InChI is InChI=1S/C7H14N2/c1-4-5-6-7(8-2)9-3/h5-6H,4H2,1-3H3,(H,8,9). The summed E-state index contributed by atoms with van der Waals surface area (Å²) in [5.74, 6) is 0.928. The first-order valence-corrected chi connectivity index (χ1v) is 3.16. The smallest absolute Gasteiger partial charge is 0.119 e. The molecule has 2 nitrogen and oxygen atoms in total. The number of aliphatic imine (C=N–C) groups is 1. The van der Waals surface area contributed by atoms with Crippen LogP contribution in [0.3, 0.4) is 0 Å². The van der Waals surface area contributed by atoms with Crippen LogP contribution in [0.15, 0.2) is 17.1 Å². The van der Waals surface area contributed by atoms with E-state index in [1.165, 1.54) is 0 Å². The second kappa shape index (κ2) is 5.35. The molecule has 2 heteroatoms. The molecular formula is C7H14N2. The third-order valence-electron chi connectivity index (χ3n) is 1.01. The molecule has 9 heavy (non-hydrogen) atoms. The maximum absolute atomic E-state index is 3.96.